The number of amides is 1. The summed E-state index contributed by atoms with van der Waals surface area (Å²) in [6.07, 6.45) is 3.23. The van der Waals surface area contributed by atoms with Crippen LogP contribution >= 0.6 is 0 Å². The Balaban J connectivity index is 1.76. The molecule has 0 fully saturated rings. The van der Waals surface area contributed by atoms with Gasteiger partial charge in [0.05, 0.1) is 25.6 Å². The van der Waals surface area contributed by atoms with Crippen molar-refractivity contribution in [3.8, 4) is 5.75 Å². The molecule has 0 unspecified atom stereocenters. The van der Waals surface area contributed by atoms with Gasteiger partial charge in [-0.15, -0.1) is 0 Å². The number of anilines is 1. The number of pyridine rings is 1. The highest BCUT2D eigenvalue weighted by atomic mass is 16.5. The number of rotatable bonds is 6. The summed E-state index contributed by atoms with van der Waals surface area (Å²) < 4.78 is 10.5. The fraction of sp³-hybridized carbons (Fsp3) is 0.200. The second-order valence-electron chi connectivity index (χ2n) is 4.13. The highest BCUT2D eigenvalue weighted by Gasteiger charge is 2.03. The molecule has 1 aromatic heterocycles. The van der Waals surface area contributed by atoms with Crippen molar-refractivity contribution in [2.45, 2.75) is 6.61 Å². The number of methoxy groups -OCH3 is 1. The fourth-order valence-corrected chi connectivity index (χ4v) is 1.66. The van der Waals surface area contributed by atoms with Crippen LogP contribution < -0.4 is 10.1 Å². The molecule has 0 aliphatic rings. The molecule has 1 aromatic carbocycles. The topological polar surface area (TPSA) is 60.5 Å². The van der Waals surface area contributed by atoms with E-state index < -0.39 is 0 Å². The van der Waals surface area contributed by atoms with Crippen molar-refractivity contribution in [2.24, 2.45) is 0 Å². The predicted molar refractivity (Wildman–Crippen MR) is 75.5 cm³/mol. The summed E-state index contributed by atoms with van der Waals surface area (Å²) in [5, 5.41) is 2.70. The third-order valence-corrected chi connectivity index (χ3v) is 2.58. The Labute approximate surface area is 117 Å². The summed E-state index contributed by atoms with van der Waals surface area (Å²) in [7, 11) is 1.61. The summed E-state index contributed by atoms with van der Waals surface area (Å²) in [4.78, 5) is 15.6. The number of carbonyl (C=O) groups excluding carboxylic acids is 1. The molecule has 2 rings (SSSR count). The van der Waals surface area contributed by atoms with E-state index in [1.165, 1.54) is 0 Å². The molecule has 2 aromatic rings. The number of ether oxygens (including phenoxy) is 2. The standard InChI is InChI=1S/C15H16N2O3/c1-19-14-6-2-4-12(8-14)10-20-11-15(18)17-13-5-3-7-16-9-13/h2-9H,10-11H2,1H3,(H,17,18). The highest BCUT2D eigenvalue weighted by Crippen LogP contribution is 2.13. The van der Waals surface area contributed by atoms with E-state index in [0.717, 1.165) is 11.3 Å². The van der Waals surface area contributed by atoms with E-state index in [0.29, 0.717) is 12.3 Å². The molecule has 0 aliphatic carbocycles. The normalized spacial score (nSPS) is 10.1. The SMILES string of the molecule is COc1cccc(COCC(=O)Nc2cccnc2)c1. The lowest BCUT2D eigenvalue weighted by atomic mass is 10.2. The summed E-state index contributed by atoms with van der Waals surface area (Å²) in [5.41, 5.74) is 1.61. The molecule has 104 valence electrons. The van der Waals surface area contributed by atoms with E-state index in [-0.39, 0.29) is 12.5 Å². The first-order chi connectivity index (χ1) is 9.78. The van der Waals surface area contributed by atoms with Gasteiger partial charge in [0.2, 0.25) is 5.91 Å². The second kappa shape index (κ2) is 7.25. The lowest BCUT2D eigenvalue weighted by molar-refractivity contribution is -0.121. The molecule has 5 nitrogen and oxygen atoms in total. The van der Waals surface area contributed by atoms with Crippen molar-refractivity contribution in [3.05, 3.63) is 54.4 Å². The molecule has 0 aliphatic heterocycles. The summed E-state index contributed by atoms with van der Waals surface area (Å²) in [6, 6.07) is 11.1. The first-order valence-corrected chi connectivity index (χ1v) is 6.18. The smallest absolute Gasteiger partial charge is 0.250 e. The molecule has 20 heavy (non-hydrogen) atoms. The average molecular weight is 272 g/mol. The molecular weight excluding hydrogens is 256 g/mol. The Morgan fingerprint density at radius 2 is 2.20 bits per heavy atom. The zero-order valence-corrected chi connectivity index (χ0v) is 11.2. The molecule has 0 radical (unpaired) electrons. The largest absolute Gasteiger partial charge is 0.497 e. The molecule has 1 amide bonds. The first-order valence-electron chi connectivity index (χ1n) is 6.18. The number of nitrogens with zero attached hydrogens (tertiary/aromatic N) is 1. The van der Waals surface area contributed by atoms with Crippen LogP contribution in [-0.4, -0.2) is 24.6 Å². The van der Waals surface area contributed by atoms with E-state index in [2.05, 4.69) is 10.3 Å². The predicted octanol–water partition coefficient (Wildman–Crippen LogP) is 2.25. The van der Waals surface area contributed by atoms with Crippen LogP contribution in [0.3, 0.4) is 0 Å². The lowest BCUT2D eigenvalue weighted by Crippen LogP contribution is -2.18. The van der Waals surface area contributed by atoms with Gasteiger partial charge < -0.3 is 14.8 Å². The van der Waals surface area contributed by atoms with Crippen LogP contribution in [0.2, 0.25) is 0 Å². The first kappa shape index (κ1) is 14.0. The average Bonchev–Trinajstić information content (AvgIpc) is 2.48. The molecule has 0 bridgehead atoms. The van der Waals surface area contributed by atoms with Crippen molar-refractivity contribution in [3.63, 3.8) is 0 Å². The number of carbonyl (C=O) groups is 1. The minimum atomic E-state index is -0.208. The minimum absolute atomic E-state index is 0.00783. The molecular formula is C15H16N2O3. The van der Waals surface area contributed by atoms with Gasteiger partial charge in [0.25, 0.3) is 0 Å². The van der Waals surface area contributed by atoms with Gasteiger partial charge in [-0.05, 0) is 29.8 Å². The monoisotopic (exact) mass is 272 g/mol. The Bertz CT molecular complexity index is 558. The molecule has 5 heteroatoms. The van der Waals surface area contributed by atoms with E-state index in [9.17, 15) is 4.79 Å². The van der Waals surface area contributed by atoms with Crippen LogP contribution in [0.25, 0.3) is 0 Å². The van der Waals surface area contributed by atoms with Crippen LogP contribution in [0, 0.1) is 0 Å². The third kappa shape index (κ3) is 4.37. The lowest BCUT2D eigenvalue weighted by Gasteiger charge is -2.07. The van der Waals surface area contributed by atoms with Crippen molar-refractivity contribution >= 4 is 11.6 Å². The molecule has 1 N–H and O–H groups in total. The maximum Gasteiger partial charge on any atom is 0.250 e. The Kier molecular flexibility index (Phi) is 5.08. The van der Waals surface area contributed by atoms with Crippen molar-refractivity contribution in [1.29, 1.82) is 0 Å². The van der Waals surface area contributed by atoms with Crippen LogP contribution in [0.15, 0.2) is 48.8 Å². The van der Waals surface area contributed by atoms with Gasteiger partial charge in [-0.2, -0.15) is 0 Å². The van der Waals surface area contributed by atoms with Crippen LogP contribution in [0.1, 0.15) is 5.56 Å². The number of hydrogen-bond acceptors (Lipinski definition) is 4. The van der Waals surface area contributed by atoms with E-state index in [1.807, 2.05) is 24.3 Å². The van der Waals surface area contributed by atoms with Gasteiger partial charge in [-0.1, -0.05) is 12.1 Å². The minimum Gasteiger partial charge on any atom is -0.497 e. The van der Waals surface area contributed by atoms with Crippen molar-refractivity contribution < 1.29 is 14.3 Å². The van der Waals surface area contributed by atoms with Gasteiger partial charge in [-0.3, -0.25) is 9.78 Å². The van der Waals surface area contributed by atoms with E-state index >= 15 is 0 Å². The second-order valence-corrected chi connectivity index (χ2v) is 4.13. The van der Waals surface area contributed by atoms with Gasteiger partial charge >= 0.3 is 0 Å². The third-order valence-electron chi connectivity index (χ3n) is 2.58. The molecule has 0 spiro atoms. The zero-order chi connectivity index (χ0) is 14.2. The molecule has 0 saturated heterocycles. The van der Waals surface area contributed by atoms with Gasteiger partial charge in [-0.25, -0.2) is 0 Å². The van der Waals surface area contributed by atoms with Gasteiger partial charge in [0.1, 0.15) is 12.4 Å². The van der Waals surface area contributed by atoms with Crippen molar-refractivity contribution in [1.82, 2.24) is 4.98 Å². The van der Waals surface area contributed by atoms with Crippen LogP contribution in [0.5, 0.6) is 5.75 Å². The quantitative estimate of drug-likeness (QED) is 0.876. The maximum absolute atomic E-state index is 11.6. The fourth-order valence-electron chi connectivity index (χ4n) is 1.66. The van der Waals surface area contributed by atoms with E-state index in [1.54, 1.807) is 31.6 Å². The Hall–Kier alpha value is -2.40. The zero-order valence-electron chi connectivity index (χ0n) is 11.2. The molecule has 0 saturated carbocycles. The summed E-state index contributed by atoms with van der Waals surface area (Å²) in [6.45, 7) is 0.351. The Morgan fingerprint density at radius 3 is 2.95 bits per heavy atom. The molecule has 1 heterocycles. The Morgan fingerprint density at radius 1 is 1.30 bits per heavy atom. The van der Waals surface area contributed by atoms with Crippen molar-refractivity contribution in [2.75, 3.05) is 19.0 Å². The van der Waals surface area contributed by atoms with Crippen LogP contribution in [-0.2, 0) is 16.1 Å². The maximum atomic E-state index is 11.6. The summed E-state index contributed by atoms with van der Waals surface area (Å²) in [5.74, 6) is 0.562. The van der Waals surface area contributed by atoms with E-state index in [4.69, 9.17) is 9.47 Å². The number of aromatic nitrogens is 1. The van der Waals surface area contributed by atoms with Gasteiger partial charge in [0.15, 0.2) is 0 Å². The molecule has 0 atom stereocenters. The van der Waals surface area contributed by atoms with Crippen LogP contribution in [0.4, 0.5) is 5.69 Å². The highest BCUT2D eigenvalue weighted by molar-refractivity contribution is 5.91. The van der Waals surface area contributed by atoms with Gasteiger partial charge in [0, 0.05) is 6.20 Å². The number of nitrogens with one attached hydrogen (secondary N) is 1. The number of hydrogen-bond donors (Lipinski definition) is 1. The number of benzene rings is 1. The summed E-state index contributed by atoms with van der Waals surface area (Å²) >= 11 is 0.